The summed E-state index contributed by atoms with van der Waals surface area (Å²) in [4.78, 5) is 29.5. The molecule has 4 aromatic rings. The van der Waals surface area contributed by atoms with E-state index in [1.807, 2.05) is 30.3 Å². The second-order valence-corrected chi connectivity index (χ2v) is 9.41. The second-order valence-electron chi connectivity index (χ2n) is 9.41. The third-order valence-corrected chi connectivity index (χ3v) is 7.28. The highest BCUT2D eigenvalue weighted by Crippen LogP contribution is 2.33. The van der Waals surface area contributed by atoms with Gasteiger partial charge in [0.25, 0.3) is 11.9 Å². The van der Waals surface area contributed by atoms with E-state index in [4.69, 9.17) is 4.98 Å². The van der Waals surface area contributed by atoms with Crippen molar-refractivity contribution in [3.8, 4) is 17.2 Å². The largest absolute Gasteiger partial charge is 0.331 e. The zero-order valence-corrected chi connectivity index (χ0v) is 19.9. The predicted molar refractivity (Wildman–Crippen MR) is 133 cm³/mol. The van der Waals surface area contributed by atoms with E-state index in [-0.39, 0.29) is 11.9 Å². The van der Waals surface area contributed by atoms with Gasteiger partial charge in [-0.1, -0.05) is 30.3 Å². The van der Waals surface area contributed by atoms with Gasteiger partial charge in [-0.05, 0) is 68.2 Å². The first-order chi connectivity index (χ1) is 17.2. The van der Waals surface area contributed by atoms with Gasteiger partial charge in [-0.15, -0.1) is 0 Å². The van der Waals surface area contributed by atoms with Crippen molar-refractivity contribution in [1.82, 2.24) is 29.6 Å². The van der Waals surface area contributed by atoms with Crippen molar-refractivity contribution < 1.29 is 4.79 Å². The number of fused-ring (bicyclic) bond motifs is 3. The van der Waals surface area contributed by atoms with Crippen molar-refractivity contribution in [2.45, 2.75) is 51.5 Å². The summed E-state index contributed by atoms with van der Waals surface area (Å²) in [6.07, 6.45) is 13.3. The first kappa shape index (κ1) is 21.6. The van der Waals surface area contributed by atoms with Gasteiger partial charge >= 0.3 is 0 Å². The molecule has 1 aromatic carbocycles. The number of hydrogen-bond donors (Lipinski definition) is 0. The smallest absolute Gasteiger partial charge is 0.257 e. The minimum absolute atomic E-state index is 0.00223. The molecular weight excluding hydrogens is 436 g/mol. The molecule has 4 heterocycles. The van der Waals surface area contributed by atoms with Crippen molar-refractivity contribution >= 4 is 5.91 Å². The maximum atomic E-state index is 13.7. The lowest BCUT2D eigenvalue weighted by molar-refractivity contribution is 0.0610. The number of pyridine rings is 1. The molecule has 0 N–H and O–H groups in total. The van der Waals surface area contributed by atoms with Crippen LogP contribution in [0.2, 0.25) is 0 Å². The number of hydrogen-bond acceptors (Lipinski definition) is 5. The second kappa shape index (κ2) is 9.06. The third kappa shape index (κ3) is 3.91. The molecule has 6 rings (SSSR count). The molecule has 1 saturated heterocycles. The van der Waals surface area contributed by atoms with Gasteiger partial charge < -0.3 is 4.90 Å². The standard InChI is InChI=1S/C28H28N6O/c1-19-24(27(35)33-15-5-4-13-25(33)21-11-7-14-29-16-21)18-31-34(19)28-30-17-22-10-6-9-20-8-2-3-12-23(20)26(22)32-28/h2-3,7-8,11-12,14,16-18,25H,4-6,9-10,13,15H2,1H3/t25-/m1/s1. The van der Waals surface area contributed by atoms with Gasteiger partial charge in [-0.3, -0.25) is 9.78 Å². The van der Waals surface area contributed by atoms with Crippen LogP contribution in [0.4, 0.5) is 0 Å². The van der Waals surface area contributed by atoms with Gasteiger partial charge in [-0.25, -0.2) is 14.6 Å². The number of amides is 1. The third-order valence-electron chi connectivity index (χ3n) is 7.28. The SMILES string of the molecule is Cc1c(C(=O)N2CCCC[C@@H]2c2cccnc2)cnn1-c1ncc2c(n1)-c1ccccc1CCC2. The van der Waals surface area contributed by atoms with E-state index in [0.29, 0.717) is 11.5 Å². The molecule has 1 aliphatic carbocycles. The normalized spacial score (nSPS) is 17.4. The molecule has 1 amide bonds. The highest BCUT2D eigenvalue weighted by atomic mass is 16.2. The zero-order chi connectivity index (χ0) is 23.8. The Kier molecular flexibility index (Phi) is 5.60. The topological polar surface area (TPSA) is 76.8 Å². The molecule has 1 atom stereocenters. The number of nitrogens with zero attached hydrogens (tertiary/aromatic N) is 6. The van der Waals surface area contributed by atoms with Crippen LogP contribution >= 0.6 is 0 Å². The minimum atomic E-state index is 0.00223. The van der Waals surface area contributed by atoms with Crippen LogP contribution in [-0.4, -0.2) is 42.1 Å². The summed E-state index contributed by atoms with van der Waals surface area (Å²) in [6.45, 7) is 2.65. The lowest BCUT2D eigenvalue weighted by Gasteiger charge is -2.35. The molecule has 0 bridgehead atoms. The van der Waals surface area contributed by atoms with Gasteiger partial charge in [0, 0.05) is 30.7 Å². The molecule has 0 unspecified atom stereocenters. The Labute approximate surface area is 204 Å². The average molecular weight is 465 g/mol. The predicted octanol–water partition coefficient (Wildman–Crippen LogP) is 4.89. The fourth-order valence-corrected chi connectivity index (χ4v) is 5.42. The fraction of sp³-hybridized carbons (Fsp3) is 0.321. The van der Waals surface area contributed by atoms with Gasteiger partial charge in [0.15, 0.2) is 0 Å². The number of carbonyl (C=O) groups excluding carboxylic acids is 1. The molecule has 3 aromatic heterocycles. The number of aryl methyl sites for hydroxylation is 2. The fourth-order valence-electron chi connectivity index (χ4n) is 5.42. The lowest BCUT2D eigenvalue weighted by atomic mass is 9.95. The van der Waals surface area contributed by atoms with Gasteiger partial charge in [0.2, 0.25) is 0 Å². The Hall–Kier alpha value is -3.87. The molecule has 2 aliphatic rings. The molecule has 0 spiro atoms. The van der Waals surface area contributed by atoms with Gasteiger partial charge in [0.1, 0.15) is 0 Å². The average Bonchev–Trinajstić information content (AvgIpc) is 3.20. The summed E-state index contributed by atoms with van der Waals surface area (Å²) >= 11 is 0. The van der Waals surface area contributed by atoms with Crippen LogP contribution in [0.5, 0.6) is 0 Å². The highest BCUT2D eigenvalue weighted by Gasteiger charge is 2.31. The lowest BCUT2D eigenvalue weighted by Crippen LogP contribution is -2.38. The molecule has 0 saturated carbocycles. The number of carbonyl (C=O) groups is 1. The van der Waals surface area contributed by atoms with Crippen LogP contribution in [0.1, 0.15) is 64.5 Å². The maximum absolute atomic E-state index is 13.7. The summed E-state index contributed by atoms with van der Waals surface area (Å²) in [5, 5.41) is 4.56. The molecule has 7 nitrogen and oxygen atoms in total. The van der Waals surface area contributed by atoms with E-state index in [1.165, 1.54) is 5.56 Å². The van der Waals surface area contributed by atoms with Crippen LogP contribution < -0.4 is 0 Å². The highest BCUT2D eigenvalue weighted by molar-refractivity contribution is 5.95. The summed E-state index contributed by atoms with van der Waals surface area (Å²) in [7, 11) is 0. The van der Waals surface area contributed by atoms with Crippen LogP contribution in [0.3, 0.4) is 0 Å². The summed E-state index contributed by atoms with van der Waals surface area (Å²) < 4.78 is 1.70. The molecule has 1 aliphatic heterocycles. The van der Waals surface area contributed by atoms with Crippen LogP contribution in [-0.2, 0) is 12.8 Å². The molecule has 176 valence electrons. The van der Waals surface area contributed by atoms with Crippen molar-refractivity contribution in [1.29, 1.82) is 0 Å². The number of aromatic nitrogens is 5. The van der Waals surface area contributed by atoms with Crippen molar-refractivity contribution in [2.24, 2.45) is 0 Å². The minimum Gasteiger partial charge on any atom is -0.331 e. The molecule has 0 radical (unpaired) electrons. The Morgan fingerprint density at radius 3 is 2.74 bits per heavy atom. The van der Waals surface area contributed by atoms with Crippen molar-refractivity contribution in [3.63, 3.8) is 0 Å². The number of rotatable bonds is 3. The Balaban J connectivity index is 1.35. The number of likely N-dealkylation sites (tertiary alicyclic amines) is 1. The monoisotopic (exact) mass is 464 g/mol. The van der Waals surface area contributed by atoms with Crippen molar-refractivity contribution in [3.05, 3.63) is 89.1 Å². The van der Waals surface area contributed by atoms with Crippen molar-refractivity contribution in [2.75, 3.05) is 6.54 Å². The first-order valence-electron chi connectivity index (χ1n) is 12.4. The number of benzene rings is 1. The van der Waals surface area contributed by atoms with Crippen LogP contribution in [0.25, 0.3) is 17.2 Å². The Morgan fingerprint density at radius 1 is 0.971 bits per heavy atom. The molecule has 35 heavy (non-hydrogen) atoms. The van der Waals surface area contributed by atoms with Crippen LogP contribution in [0.15, 0.2) is 61.2 Å². The maximum Gasteiger partial charge on any atom is 0.257 e. The van der Waals surface area contributed by atoms with Crippen LogP contribution in [0, 0.1) is 6.92 Å². The van der Waals surface area contributed by atoms with E-state index in [9.17, 15) is 4.79 Å². The van der Waals surface area contributed by atoms with Gasteiger partial charge in [0.05, 0.1) is 29.2 Å². The molecule has 1 fully saturated rings. The first-order valence-corrected chi connectivity index (χ1v) is 12.4. The van der Waals surface area contributed by atoms with E-state index >= 15 is 0 Å². The van der Waals surface area contributed by atoms with E-state index in [2.05, 4.69) is 45.4 Å². The Morgan fingerprint density at radius 2 is 1.86 bits per heavy atom. The molecular formula is C28H28N6O. The summed E-state index contributed by atoms with van der Waals surface area (Å²) in [6, 6.07) is 12.5. The zero-order valence-electron chi connectivity index (χ0n) is 19.9. The van der Waals surface area contributed by atoms with Gasteiger partial charge in [-0.2, -0.15) is 5.10 Å². The molecule has 7 heteroatoms. The summed E-state index contributed by atoms with van der Waals surface area (Å²) in [5.41, 5.74) is 7.05. The quantitative estimate of drug-likeness (QED) is 0.432. The van der Waals surface area contributed by atoms with E-state index < -0.39 is 0 Å². The summed E-state index contributed by atoms with van der Waals surface area (Å²) in [5.74, 6) is 0.502. The van der Waals surface area contributed by atoms with E-state index in [0.717, 1.165) is 73.1 Å². The number of piperidine rings is 1. The van der Waals surface area contributed by atoms with E-state index in [1.54, 1.807) is 17.1 Å². The Bertz CT molecular complexity index is 1380.